The molecule has 0 saturated heterocycles. The number of ether oxygens (including phenoxy) is 1. The minimum absolute atomic E-state index is 0.185. The van der Waals surface area contributed by atoms with Gasteiger partial charge in [-0.25, -0.2) is 9.18 Å². The number of hydrogen-bond acceptors (Lipinski definition) is 3. The van der Waals surface area contributed by atoms with Gasteiger partial charge in [-0.05, 0) is 39.0 Å². The average molecular weight is 272 g/mol. The second-order valence-corrected chi connectivity index (χ2v) is 5.92. The summed E-state index contributed by atoms with van der Waals surface area (Å²) in [7, 11) is 0. The molecule has 1 N–H and O–H groups in total. The van der Waals surface area contributed by atoms with Gasteiger partial charge in [-0.1, -0.05) is 0 Å². The predicted molar refractivity (Wildman–Crippen MR) is 69.8 cm³/mol. The maximum Gasteiger partial charge on any atom is 0.338 e. The SMILES string of the molecule is CC(C)(C)OCCSc1ccc(F)c(C(=O)O)c1. The van der Waals surface area contributed by atoms with Gasteiger partial charge in [-0.2, -0.15) is 0 Å². The largest absolute Gasteiger partial charge is 0.478 e. The van der Waals surface area contributed by atoms with E-state index in [1.54, 1.807) is 6.07 Å². The quantitative estimate of drug-likeness (QED) is 0.659. The van der Waals surface area contributed by atoms with Crippen molar-refractivity contribution in [3.05, 3.63) is 29.6 Å². The summed E-state index contributed by atoms with van der Waals surface area (Å²) < 4.78 is 18.7. The van der Waals surface area contributed by atoms with E-state index >= 15 is 0 Å². The van der Waals surface area contributed by atoms with Gasteiger partial charge in [-0.3, -0.25) is 0 Å². The van der Waals surface area contributed by atoms with Crippen molar-refractivity contribution >= 4 is 17.7 Å². The first-order valence-corrected chi connectivity index (χ1v) is 6.58. The topological polar surface area (TPSA) is 46.5 Å². The molecule has 0 amide bonds. The Hall–Kier alpha value is -1.07. The Balaban J connectivity index is 2.53. The van der Waals surface area contributed by atoms with Crippen LogP contribution in [0.15, 0.2) is 23.1 Å². The van der Waals surface area contributed by atoms with Crippen molar-refractivity contribution in [3.63, 3.8) is 0 Å². The third kappa shape index (κ3) is 5.06. The van der Waals surface area contributed by atoms with Gasteiger partial charge >= 0.3 is 5.97 Å². The first-order chi connectivity index (χ1) is 8.29. The molecule has 0 aromatic heterocycles. The minimum atomic E-state index is -1.25. The maximum absolute atomic E-state index is 13.2. The van der Waals surface area contributed by atoms with Crippen LogP contribution in [-0.4, -0.2) is 29.0 Å². The van der Waals surface area contributed by atoms with Gasteiger partial charge in [0.25, 0.3) is 0 Å². The van der Waals surface area contributed by atoms with Crippen LogP contribution in [0.25, 0.3) is 0 Å². The predicted octanol–water partition coefficient (Wildman–Crippen LogP) is 3.43. The zero-order chi connectivity index (χ0) is 13.8. The number of benzene rings is 1. The molecule has 0 aliphatic carbocycles. The fourth-order valence-electron chi connectivity index (χ4n) is 1.27. The number of hydrogen-bond donors (Lipinski definition) is 1. The summed E-state index contributed by atoms with van der Waals surface area (Å²) >= 11 is 1.45. The third-order valence-electron chi connectivity index (χ3n) is 2.06. The normalized spacial score (nSPS) is 11.6. The highest BCUT2D eigenvalue weighted by molar-refractivity contribution is 7.99. The van der Waals surface area contributed by atoms with E-state index in [0.717, 1.165) is 4.90 Å². The second-order valence-electron chi connectivity index (χ2n) is 4.76. The molecular formula is C13H17FO3S. The Kier molecular flexibility index (Phi) is 5.16. The van der Waals surface area contributed by atoms with E-state index in [1.165, 1.54) is 23.9 Å². The molecular weight excluding hydrogens is 255 g/mol. The lowest BCUT2D eigenvalue weighted by atomic mass is 10.2. The number of rotatable bonds is 5. The number of carboxylic acids is 1. The van der Waals surface area contributed by atoms with E-state index in [1.807, 2.05) is 20.8 Å². The number of aromatic carboxylic acids is 1. The molecule has 1 rings (SSSR count). The number of carbonyl (C=O) groups is 1. The van der Waals surface area contributed by atoms with Crippen LogP contribution in [0.5, 0.6) is 0 Å². The Morgan fingerprint density at radius 1 is 1.44 bits per heavy atom. The Labute approximate surface area is 110 Å². The number of thioether (sulfide) groups is 1. The van der Waals surface area contributed by atoms with E-state index in [2.05, 4.69) is 0 Å². The summed E-state index contributed by atoms with van der Waals surface area (Å²) in [6.45, 7) is 6.47. The molecule has 0 aliphatic rings. The molecule has 18 heavy (non-hydrogen) atoms. The minimum Gasteiger partial charge on any atom is -0.478 e. The van der Waals surface area contributed by atoms with Crippen molar-refractivity contribution in [3.8, 4) is 0 Å². The van der Waals surface area contributed by atoms with Gasteiger partial charge in [0.05, 0.1) is 17.8 Å². The molecule has 1 aromatic carbocycles. The van der Waals surface area contributed by atoms with Crippen LogP contribution in [0.4, 0.5) is 4.39 Å². The molecule has 0 unspecified atom stereocenters. The standard InChI is InChI=1S/C13H17FO3S/c1-13(2,3)17-6-7-18-9-4-5-11(14)10(8-9)12(15)16/h4-5,8H,6-7H2,1-3H3,(H,15,16). The summed E-state index contributed by atoms with van der Waals surface area (Å²) in [6.07, 6.45) is 0. The zero-order valence-corrected chi connectivity index (χ0v) is 11.5. The van der Waals surface area contributed by atoms with E-state index < -0.39 is 11.8 Å². The van der Waals surface area contributed by atoms with Crippen molar-refractivity contribution in [2.24, 2.45) is 0 Å². The Bertz CT molecular complexity index is 427. The van der Waals surface area contributed by atoms with Gasteiger partial charge in [0.2, 0.25) is 0 Å². The van der Waals surface area contributed by atoms with E-state index in [0.29, 0.717) is 12.4 Å². The molecule has 0 aliphatic heterocycles. The zero-order valence-electron chi connectivity index (χ0n) is 10.7. The highest BCUT2D eigenvalue weighted by Crippen LogP contribution is 2.21. The lowest BCUT2D eigenvalue weighted by molar-refractivity contribution is 0.00694. The van der Waals surface area contributed by atoms with Crippen LogP contribution in [0.2, 0.25) is 0 Å². The van der Waals surface area contributed by atoms with Crippen molar-refractivity contribution in [1.29, 1.82) is 0 Å². The summed E-state index contributed by atoms with van der Waals surface area (Å²) in [5.74, 6) is -1.26. The lowest BCUT2D eigenvalue weighted by Gasteiger charge is -2.19. The van der Waals surface area contributed by atoms with Crippen LogP contribution < -0.4 is 0 Å². The van der Waals surface area contributed by atoms with Crippen molar-refractivity contribution in [1.82, 2.24) is 0 Å². The molecule has 0 saturated carbocycles. The molecule has 0 radical (unpaired) electrons. The van der Waals surface area contributed by atoms with Crippen LogP contribution >= 0.6 is 11.8 Å². The molecule has 0 bridgehead atoms. The molecule has 0 fully saturated rings. The van der Waals surface area contributed by atoms with Gasteiger partial charge in [0, 0.05) is 10.6 Å². The van der Waals surface area contributed by atoms with E-state index in [4.69, 9.17) is 9.84 Å². The number of carboxylic acid groups (broad SMARTS) is 1. The van der Waals surface area contributed by atoms with Crippen molar-refractivity contribution in [2.45, 2.75) is 31.3 Å². The smallest absolute Gasteiger partial charge is 0.338 e. The Morgan fingerprint density at radius 3 is 2.67 bits per heavy atom. The van der Waals surface area contributed by atoms with Crippen LogP contribution in [0.3, 0.4) is 0 Å². The van der Waals surface area contributed by atoms with Crippen LogP contribution in [-0.2, 0) is 4.74 Å². The first kappa shape index (κ1) is 15.0. The number of halogens is 1. The second kappa shape index (κ2) is 6.20. The summed E-state index contributed by atoms with van der Waals surface area (Å²) in [6, 6.07) is 4.10. The molecule has 0 atom stereocenters. The monoisotopic (exact) mass is 272 g/mol. The first-order valence-electron chi connectivity index (χ1n) is 5.59. The third-order valence-corrected chi connectivity index (χ3v) is 3.01. The maximum atomic E-state index is 13.2. The fraction of sp³-hybridized carbons (Fsp3) is 0.462. The molecule has 1 aromatic rings. The van der Waals surface area contributed by atoms with E-state index in [9.17, 15) is 9.18 Å². The fourth-order valence-corrected chi connectivity index (χ4v) is 2.03. The lowest BCUT2D eigenvalue weighted by Crippen LogP contribution is -2.20. The highest BCUT2D eigenvalue weighted by atomic mass is 32.2. The van der Waals surface area contributed by atoms with Crippen LogP contribution in [0, 0.1) is 5.82 Å². The summed E-state index contributed by atoms with van der Waals surface area (Å²) in [5, 5.41) is 8.79. The van der Waals surface area contributed by atoms with Crippen LogP contribution in [0.1, 0.15) is 31.1 Å². The summed E-state index contributed by atoms with van der Waals surface area (Å²) in [4.78, 5) is 11.5. The van der Waals surface area contributed by atoms with E-state index in [-0.39, 0.29) is 11.2 Å². The highest BCUT2D eigenvalue weighted by Gasteiger charge is 2.12. The Morgan fingerprint density at radius 2 is 2.11 bits per heavy atom. The van der Waals surface area contributed by atoms with Gasteiger partial charge < -0.3 is 9.84 Å². The molecule has 0 heterocycles. The summed E-state index contributed by atoms with van der Waals surface area (Å²) in [5.41, 5.74) is -0.480. The van der Waals surface area contributed by atoms with Gasteiger partial charge in [-0.15, -0.1) is 11.8 Å². The van der Waals surface area contributed by atoms with Crippen molar-refractivity contribution in [2.75, 3.05) is 12.4 Å². The molecule has 5 heteroatoms. The molecule has 100 valence electrons. The molecule has 3 nitrogen and oxygen atoms in total. The van der Waals surface area contributed by atoms with Gasteiger partial charge in [0.15, 0.2) is 0 Å². The average Bonchev–Trinajstić information content (AvgIpc) is 2.24. The van der Waals surface area contributed by atoms with Crippen molar-refractivity contribution < 1.29 is 19.0 Å². The molecule has 0 spiro atoms. The van der Waals surface area contributed by atoms with Gasteiger partial charge in [0.1, 0.15) is 5.82 Å².